The summed E-state index contributed by atoms with van der Waals surface area (Å²) in [5.41, 5.74) is 6.66. The van der Waals surface area contributed by atoms with Crippen molar-refractivity contribution < 1.29 is 4.74 Å². The van der Waals surface area contributed by atoms with E-state index >= 15 is 0 Å². The molecule has 16 heavy (non-hydrogen) atoms. The summed E-state index contributed by atoms with van der Waals surface area (Å²) in [6.45, 7) is 5.22. The SMILES string of the molecule is CCCC1(CNCC(N)CCCOC)CC1. The number of ether oxygens (including phenoxy) is 1. The molecule has 0 spiro atoms. The van der Waals surface area contributed by atoms with Crippen LogP contribution in [0.25, 0.3) is 0 Å². The molecule has 0 heterocycles. The van der Waals surface area contributed by atoms with Crippen molar-refractivity contribution in [1.82, 2.24) is 5.32 Å². The standard InChI is InChI=1S/C13H28N2O/c1-3-6-13(7-8-13)11-15-10-12(14)5-4-9-16-2/h12,15H,3-11,14H2,1-2H3. The number of hydrogen-bond acceptors (Lipinski definition) is 3. The predicted octanol–water partition coefficient (Wildman–Crippen LogP) is 1.91. The van der Waals surface area contributed by atoms with E-state index < -0.39 is 0 Å². The van der Waals surface area contributed by atoms with Crippen LogP contribution < -0.4 is 11.1 Å². The van der Waals surface area contributed by atoms with E-state index in [1.165, 1.54) is 32.2 Å². The summed E-state index contributed by atoms with van der Waals surface area (Å²) >= 11 is 0. The molecule has 0 radical (unpaired) electrons. The van der Waals surface area contributed by atoms with E-state index in [1.54, 1.807) is 7.11 Å². The third-order valence-electron chi connectivity index (χ3n) is 3.57. The molecule has 1 saturated carbocycles. The van der Waals surface area contributed by atoms with Crippen LogP contribution in [0.4, 0.5) is 0 Å². The molecule has 1 fully saturated rings. The predicted molar refractivity (Wildman–Crippen MR) is 68.5 cm³/mol. The van der Waals surface area contributed by atoms with E-state index in [0.29, 0.717) is 5.41 Å². The van der Waals surface area contributed by atoms with Crippen molar-refractivity contribution in [2.75, 3.05) is 26.8 Å². The van der Waals surface area contributed by atoms with E-state index in [2.05, 4.69) is 12.2 Å². The molecule has 1 rings (SSSR count). The van der Waals surface area contributed by atoms with Crippen LogP contribution in [0.15, 0.2) is 0 Å². The highest BCUT2D eigenvalue weighted by Gasteiger charge is 2.40. The van der Waals surface area contributed by atoms with Crippen LogP contribution in [0.3, 0.4) is 0 Å². The van der Waals surface area contributed by atoms with Crippen LogP contribution in [-0.4, -0.2) is 32.8 Å². The first-order chi connectivity index (χ1) is 7.72. The Morgan fingerprint density at radius 2 is 2.19 bits per heavy atom. The molecule has 0 aromatic carbocycles. The maximum Gasteiger partial charge on any atom is 0.0462 e. The van der Waals surface area contributed by atoms with Crippen molar-refractivity contribution in [3.8, 4) is 0 Å². The quantitative estimate of drug-likeness (QED) is 0.562. The molecule has 3 heteroatoms. The van der Waals surface area contributed by atoms with Gasteiger partial charge in [-0.15, -0.1) is 0 Å². The summed E-state index contributed by atoms with van der Waals surface area (Å²) in [4.78, 5) is 0. The third kappa shape index (κ3) is 5.28. The second-order valence-corrected chi connectivity index (χ2v) is 5.28. The van der Waals surface area contributed by atoms with Gasteiger partial charge in [0.2, 0.25) is 0 Å². The summed E-state index contributed by atoms with van der Waals surface area (Å²) in [5.74, 6) is 0. The third-order valence-corrected chi connectivity index (χ3v) is 3.57. The first kappa shape index (κ1) is 13.9. The van der Waals surface area contributed by atoms with E-state index in [1.807, 2.05) is 0 Å². The van der Waals surface area contributed by atoms with Crippen LogP contribution in [0.2, 0.25) is 0 Å². The van der Waals surface area contributed by atoms with Gasteiger partial charge in [-0.25, -0.2) is 0 Å². The monoisotopic (exact) mass is 228 g/mol. The van der Waals surface area contributed by atoms with Gasteiger partial charge in [0.05, 0.1) is 0 Å². The minimum atomic E-state index is 0.285. The van der Waals surface area contributed by atoms with Crippen LogP contribution >= 0.6 is 0 Å². The maximum absolute atomic E-state index is 6.02. The molecule has 1 aliphatic carbocycles. The average molecular weight is 228 g/mol. The Hall–Kier alpha value is -0.120. The molecule has 1 atom stereocenters. The van der Waals surface area contributed by atoms with Crippen LogP contribution in [0.1, 0.15) is 45.4 Å². The van der Waals surface area contributed by atoms with Gasteiger partial charge >= 0.3 is 0 Å². The molecule has 1 aliphatic rings. The molecule has 96 valence electrons. The van der Waals surface area contributed by atoms with Gasteiger partial charge in [-0.3, -0.25) is 0 Å². The van der Waals surface area contributed by atoms with Gasteiger partial charge in [0.25, 0.3) is 0 Å². The topological polar surface area (TPSA) is 47.3 Å². The minimum absolute atomic E-state index is 0.285. The lowest BCUT2D eigenvalue weighted by Gasteiger charge is -2.17. The summed E-state index contributed by atoms with van der Waals surface area (Å²) in [6.07, 6.45) is 7.63. The van der Waals surface area contributed by atoms with E-state index in [-0.39, 0.29) is 6.04 Å². The Bertz CT molecular complexity index is 181. The lowest BCUT2D eigenvalue weighted by Crippen LogP contribution is -2.36. The average Bonchev–Trinajstić information content (AvgIpc) is 2.99. The van der Waals surface area contributed by atoms with E-state index in [0.717, 1.165) is 26.0 Å². The Balaban J connectivity index is 1.97. The lowest BCUT2D eigenvalue weighted by molar-refractivity contribution is 0.190. The molecule has 0 aliphatic heterocycles. The van der Waals surface area contributed by atoms with Crippen LogP contribution in [0, 0.1) is 5.41 Å². The summed E-state index contributed by atoms with van der Waals surface area (Å²) in [7, 11) is 1.74. The number of methoxy groups -OCH3 is 1. The van der Waals surface area contributed by atoms with Crippen molar-refractivity contribution in [3.63, 3.8) is 0 Å². The Morgan fingerprint density at radius 1 is 1.44 bits per heavy atom. The normalized spacial score (nSPS) is 19.7. The summed E-state index contributed by atoms with van der Waals surface area (Å²) < 4.78 is 5.02. The number of rotatable bonds is 10. The fourth-order valence-corrected chi connectivity index (χ4v) is 2.34. The van der Waals surface area contributed by atoms with Crippen molar-refractivity contribution in [3.05, 3.63) is 0 Å². The minimum Gasteiger partial charge on any atom is -0.385 e. The van der Waals surface area contributed by atoms with Crippen molar-refractivity contribution in [2.24, 2.45) is 11.1 Å². The fraction of sp³-hybridized carbons (Fsp3) is 1.00. The van der Waals surface area contributed by atoms with Crippen LogP contribution in [-0.2, 0) is 4.74 Å². The van der Waals surface area contributed by atoms with Gasteiger partial charge in [-0.05, 0) is 37.5 Å². The Labute approximate surface area is 100 Å². The first-order valence-electron chi connectivity index (χ1n) is 6.68. The highest BCUT2D eigenvalue weighted by atomic mass is 16.5. The zero-order valence-corrected chi connectivity index (χ0v) is 10.9. The molecular formula is C13H28N2O. The van der Waals surface area contributed by atoms with Gasteiger partial charge in [-0.1, -0.05) is 13.3 Å². The molecule has 0 aromatic rings. The molecule has 1 unspecified atom stereocenters. The summed E-state index contributed by atoms with van der Waals surface area (Å²) in [5, 5.41) is 3.53. The zero-order valence-electron chi connectivity index (χ0n) is 10.9. The van der Waals surface area contributed by atoms with Crippen molar-refractivity contribution in [1.29, 1.82) is 0 Å². The molecule has 3 N–H and O–H groups in total. The number of nitrogens with one attached hydrogen (secondary N) is 1. The molecule has 0 amide bonds. The van der Waals surface area contributed by atoms with E-state index in [4.69, 9.17) is 10.5 Å². The van der Waals surface area contributed by atoms with Gasteiger partial charge < -0.3 is 15.8 Å². The van der Waals surface area contributed by atoms with Gasteiger partial charge in [0, 0.05) is 32.8 Å². The first-order valence-corrected chi connectivity index (χ1v) is 6.68. The maximum atomic E-state index is 6.02. The van der Waals surface area contributed by atoms with Gasteiger partial charge in [-0.2, -0.15) is 0 Å². The summed E-state index contributed by atoms with van der Waals surface area (Å²) in [6, 6.07) is 0.285. The fourth-order valence-electron chi connectivity index (χ4n) is 2.34. The van der Waals surface area contributed by atoms with Crippen LogP contribution in [0.5, 0.6) is 0 Å². The lowest BCUT2D eigenvalue weighted by atomic mass is 10.0. The van der Waals surface area contributed by atoms with E-state index in [9.17, 15) is 0 Å². The Kier molecular flexibility index (Phi) is 6.32. The smallest absolute Gasteiger partial charge is 0.0462 e. The zero-order chi connectivity index (χ0) is 11.9. The van der Waals surface area contributed by atoms with Crippen molar-refractivity contribution >= 4 is 0 Å². The van der Waals surface area contributed by atoms with Crippen molar-refractivity contribution in [2.45, 2.75) is 51.5 Å². The second kappa shape index (κ2) is 7.25. The molecular weight excluding hydrogens is 200 g/mol. The molecule has 0 bridgehead atoms. The largest absolute Gasteiger partial charge is 0.385 e. The van der Waals surface area contributed by atoms with Gasteiger partial charge in [0.15, 0.2) is 0 Å². The number of hydrogen-bond donors (Lipinski definition) is 2. The molecule has 0 aromatic heterocycles. The second-order valence-electron chi connectivity index (χ2n) is 5.28. The number of nitrogens with two attached hydrogens (primary N) is 1. The highest BCUT2D eigenvalue weighted by molar-refractivity contribution is 4.94. The van der Waals surface area contributed by atoms with Gasteiger partial charge in [0.1, 0.15) is 0 Å². The Morgan fingerprint density at radius 3 is 2.75 bits per heavy atom. The molecule has 0 saturated heterocycles. The highest BCUT2D eigenvalue weighted by Crippen LogP contribution is 2.48. The molecule has 3 nitrogen and oxygen atoms in total.